The van der Waals surface area contributed by atoms with Crippen molar-refractivity contribution >= 4 is 0 Å². The zero-order valence-electron chi connectivity index (χ0n) is 7.03. The minimum absolute atomic E-state index is 0.205. The van der Waals surface area contributed by atoms with Gasteiger partial charge in [0.05, 0.1) is 6.26 Å². The molecule has 0 spiro atoms. The summed E-state index contributed by atoms with van der Waals surface area (Å²) >= 11 is 0. The number of hydrogen-bond donors (Lipinski definition) is 0. The van der Waals surface area contributed by atoms with E-state index in [9.17, 15) is 4.39 Å². The van der Waals surface area contributed by atoms with Crippen molar-refractivity contribution in [2.45, 2.75) is 6.42 Å². The van der Waals surface area contributed by atoms with Crippen LogP contribution in [0.5, 0.6) is 0 Å². The smallest absolute Gasteiger partial charge is 0.123 e. The quantitative estimate of drug-likeness (QED) is 0.685. The lowest BCUT2D eigenvalue weighted by atomic mass is 10.1. The maximum atomic E-state index is 12.8. The van der Waals surface area contributed by atoms with E-state index in [1.807, 2.05) is 18.2 Å². The summed E-state index contributed by atoms with van der Waals surface area (Å²) in [5, 5.41) is 0. The van der Waals surface area contributed by atoms with Crippen LogP contribution in [0, 0.1) is 5.82 Å². The second-order valence-electron chi connectivity index (χ2n) is 2.89. The maximum absolute atomic E-state index is 12.8. The van der Waals surface area contributed by atoms with Gasteiger partial charge in [0.2, 0.25) is 0 Å². The van der Waals surface area contributed by atoms with E-state index in [1.54, 1.807) is 12.3 Å². The topological polar surface area (TPSA) is 13.1 Å². The Hall–Kier alpha value is -1.57. The molecular weight excluding hydrogens is 167 g/mol. The van der Waals surface area contributed by atoms with Gasteiger partial charge < -0.3 is 4.42 Å². The van der Waals surface area contributed by atoms with E-state index >= 15 is 0 Å². The van der Waals surface area contributed by atoms with E-state index in [-0.39, 0.29) is 5.82 Å². The summed E-state index contributed by atoms with van der Waals surface area (Å²) in [6.45, 7) is 0. The highest BCUT2D eigenvalue weighted by molar-refractivity contribution is 5.21. The molecule has 0 bridgehead atoms. The van der Waals surface area contributed by atoms with Crippen LogP contribution >= 0.6 is 0 Å². The van der Waals surface area contributed by atoms with Crippen LogP contribution in [0.25, 0.3) is 0 Å². The highest BCUT2D eigenvalue weighted by atomic mass is 19.1. The molecule has 1 aromatic carbocycles. The van der Waals surface area contributed by atoms with Crippen molar-refractivity contribution in [3.05, 3.63) is 59.8 Å². The Balaban J connectivity index is 2.19. The number of hydrogen-bond acceptors (Lipinski definition) is 1. The van der Waals surface area contributed by atoms with Crippen LogP contribution in [0.15, 0.2) is 47.1 Å². The first-order valence-corrected chi connectivity index (χ1v) is 4.11. The molecule has 1 nitrogen and oxygen atoms in total. The van der Waals surface area contributed by atoms with Crippen molar-refractivity contribution in [2.24, 2.45) is 0 Å². The van der Waals surface area contributed by atoms with Gasteiger partial charge in [-0.15, -0.1) is 0 Å². The summed E-state index contributed by atoms with van der Waals surface area (Å²) in [5.74, 6) is 0.648. The SMILES string of the molecule is Fc1cccc(Cc2ccco2)c1. The van der Waals surface area contributed by atoms with Gasteiger partial charge in [-0.05, 0) is 29.8 Å². The summed E-state index contributed by atoms with van der Waals surface area (Å²) < 4.78 is 17.9. The van der Waals surface area contributed by atoms with Gasteiger partial charge in [0.1, 0.15) is 11.6 Å². The van der Waals surface area contributed by atoms with E-state index < -0.39 is 0 Å². The molecule has 2 aromatic rings. The molecule has 13 heavy (non-hydrogen) atoms. The van der Waals surface area contributed by atoms with Crippen LogP contribution in [0.4, 0.5) is 4.39 Å². The molecule has 66 valence electrons. The fourth-order valence-corrected chi connectivity index (χ4v) is 1.26. The summed E-state index contributed by atoms with van der Waals surface area (Å²) in [4.78, 5) is 0. The van der Waals surface area contributed by atoms with Gasteiger partial charge in [-0.1, -0.05) is 12.1 Å². The molecule has 0 fully saturated rings. The average Bonchev–Trinajstić information content (AvgIpc) is 2.57. The van der Waals surface area contributed by atoms with Crippen molar-refractivity contribution in [1.82, 2.24) is 0 Å². The Morgan fingerprint density at radius 1 is 1.15 bits per heavy atom. The first kappa shape index (κ1) is 8.05. The fraction of sp³-hybridized carbons (Fsp3) is 0.0909. The van der Waals surface area contributed by atoms with E-state index in [4.69, 9.17) is 4.42 Å². The molecule has 0 aliphatic rings. The van der Waals surface area contributed by atoms with E-state index in [0.717, 1.165) is 11.3 Å². The van der Waals surface area contributed by atoms with Crippen molar-refractivity contribution in [2.75, 3.05) is 0 Å². The van der Waals surface area contributed by atoms with Gasteiger partial charge in [0.15, 0.2) is 0 Å². The van der Waals surface area contributed by atoms with Crippen molar-refractivity contribution in [3.8, 4) is 0 Å². The molecule has 0 unspecified atom stereocenters. The second kappa shape index (κ2) is 3.44. The molecule has 0 atom stereocenters. The van der Waals surface area contributed by atoms with E-state index in [1.165, 1.54) is 12.1 Å². The van der Waals surface area contributed by atoms with Crippen LogP contribution in [0.2, 0.25) is 0 Å². The number of furan rings is 1. The Kier molecular flexibility index (Phi) is 2.13. The number of rotatable bonds is 2. The molecule has 1 aromatic heterocycles. The van der Waals surface area contributed by atoms with Crippen LogP contribution in [-0.2, 0) is 6.42 Å². The van der Waals surface area contributed by atoms with Gasteiger partial charge in [-0.3, -0.25) is 0 Å². The largest absolute Gasteiger partial charge is 0.469 e. The maximum Gasteiger partial charge on any atom is 0.123 e. The molecule has 2 heteroatoms. The van der Waals surface area contributed by atoms with Crippen LogP contribution < -0.4 is 0 Å². The van der Waals surface area contributed by atoms with Crippen LogP contribution in [0.1, 0.15) is 11.3 Å². The Bertz CT molecular complexity index is 379. The molecule has 0 amide bonds. The Labute approximate surface area is 75.8 Å². The molecule has 0 radical (unpaired) electrons. The van der Waals surface area contributed by atoms with Crippen molar-refractivity contribution in [3.63, 3.8) is 0 Å². The normalized spacial score (nSPS) is 10.2. The second-order valence-corrected chi connectivity index (χ2v) is 2.89. The summed E-state index contributed by atoms with van der Waals surface area (Å²) in [5.41, 5.74) is 0.926. The van der Waals surface area contributed by atoms with E-state index in [0.29, 0.717) is 6.42 Å². The van der Waals surface area contributed by atoms with Gasteiger partial charge in [0, 0.05) is 6.42 Å². The molecule has 1 heterocycles. The Morgan fingerprint density at radius 2 is 2.08 bits per heavy atom. The van der Waals surface area contributed by atoms with Gasteiger partial charge in [-0.25, -0.2) is 4.39 Å². The average molecular weight is 176 g/mol. The first-order chi connectivity index (χ1) is 6.34. The fourth-order valence-electron chi connectivity index (χ4n) is 1.26. The predicted octanol–water partition coefficient (Wildman–Crippen LogP) is 3.01. The predicted molar refractivity (Wildman–Crippen MR) is 47.9 cm³/mol. The third-order valence-corrected chi connectivity index (χ3v) is 1.85. The molecule has 0 saturated carbocycles. The number of benzene rings is 1. The molecule has 2 rings (SSSR count). The standard InChI is InChI=1S/C11H9FO/c12-10-4-1-3-9(7-10)8-11-5-2-6-13-11/h1-7H,8H2. The zero-order chi connectivity index (χ0) is 9.10. The van der Waals surface area contributed by atoms with Gasteiger partial charge >= 0.3 is 0 Å². The van der Waals surface area contributed by atoms with Gasteiger partial charge in [-0.2, -0.15) is 0 Å². The lowest BCUT2D eigenvalue weighted by Gasteiger charge is -1.97. The van der Waals surface area contributed by atoms with Crippen molar-refractivity contribution in [1.29, 1.82) is 0 Å². The molecule has 0 N–H and O–H groups in total. The zero-order valence-corrected chi connectivity index (χ0v) is 7.03. The first-order valence-electron chi connectivity index (χ1n) is 4.11. The summed E-state index contributed by atoms with van der Waals surface area (Å²) in [6, 6.07) is 10.2. The van der Waals surface area contributed by atoms with Gasteiger partial charge in [0.25, 0.3) is 0 Å². The molecular formula is C11H9FO. The van der Waals surface area contributed by atoms with Crippen molar-refractivity contribution < 1.29 is 8.81 Å². The van der Waals surface area contributed by atoms with E-state index in [2.05, 4.69) is 0 Å². The monoisotopic (exact) mass is 176 g/mol. The highest BCUT2D eigenvalue weighted by Gasteiger charge is 1.99. The number of halogens is 1. The lowest BCUT2D eigenvalue weighted by Crippen LogP contribution is -1.86. The lowest BCUT2D eigenvalue weighted by molar-refractivity contribution is 0.520. The molecule has 0 aliphatic heterocycles. The Morgan fingerprint density at radius 3 is 2.77 bits per heavy atom. The highest BCUT2D eigenvalue weighted by Crippen LogP contribution is 2.10. The minimum atomic E-state index is -0.205. The third kappa shape index (κ3) is 1.96. The summed E-state index contributed by atoms with van der Waals surface area (Å²) in [7, 11) is 0. The van der Waals surface area contributed by atoms with Crippen LogP contribution in [-0.4, -0.2) is 0 Å². The molecule has 0 aliphatic carbocycles. The van der Waals surface area contributed by atoms with Crippen LogP contribution in [0.3, 0.4) is 0 Å². The third-order valence-electron chi connectivity index (χ3n) is 1.85. The summed E-state index contributed by atoms with van der Waals surface area (Å²) in [6.07, 6.45) is 2.26. The molecule has 0 saturated heterocycles. The minimum Gasteiger partial charge on any atom is -0.469 e.